The van der Waals surface area contributed by atoms with Crippen molar-refractivity contribution in [2.24, 2.45) is 0 Å². The van der Waals surface area contributed by atoms with Gasteiger partial charge < -0.3 is 9.47 Å². The molecule has 0 aliphatic carbocycles. The first-order valence-corrected chi connectivity index (χ1v) is 7.65. The lowest BCUT2D eigenvalue weighted by molar-refractivity contribution is 0.0596. The number of esters is 1. The Labute approximate surface area is 128 Å². The maximum absolute atomic E-state index is 12.5. The molecule has 7 nitrogen and oxygen atoms in total. The van der Waals surface area contributed by atoms with Gasteiger partial charge >= 0.3 is 5.97 Å². The van der Waals surface area contributed by atoms with Crippen LogP contribution < -0.4 is 9.46 Å². The van der Waals surface area contributed by atoms with Crippen molar-refractivity contribution in [1.82, 2.24) is 4.98 Å². The zero-order chi connectivity index (χ0) is 16.2. The van der Waals surface area contributed by atoms with E-state index < -0.39 is 16.0 Å². The molecule has 1 heterocycles. The molecule has 0 radical (unpaired) electrons. The lowest BCUT2D eigenvalue weighted by Gasteiger charge is -2.11. The van der Waals surface area contributed by atoms with E-state index in [1.165, 1.54) is 50.9 Å². The van der Waals surface area contributed by atoms with Gasteiger partial charge in [0.1, 0.15) is 10.6 Å². The van der Waals surface area contributed by atoms with E-state index in [4.69, 9.17) is 4.74 Å². The third-order valence-corrected chi connectivity index (χ3v) is 4.22. The van der Waals surface area contributed by atoms with Gasteiger partial charge in [-0.1, -0.05) is 12.1 Å². The van der Waals surface area contributed by atoms with Crippen LogP contribution in [0.15, 0.2) is 47.6 Å². The molecule has 8 heteroatoms. The maximum atomic E-state index is 12.5. The zero-order valence-electron chi connectivity index (χ0n) is 11.9. The van der Waals surface area contributed by atoms with Crippen molar-refractivity contribution >= 4 is 21.7 Å². The first-order chi connectivity index (χ1) is 10.5. The Bertz CT molecular complexity index is 789. The van der Waals surface area contributed by atoms with Crippen LogP contribution in [0.3, 0.4) is 0 Å². The van der Waals surface area contributed by atoms with E-state index in [-0.39, 0.29) is 16.1 Å². The number of carbonyl (C=O) groups excluding carboxylic acids is 1. The van der Waals surface area contributed by atoms with Crippen molar-refractivity contribution < 1.29 is 22.7 Å². The molecule has 2 aromatic rings. The molecule has 0 fully saturated rings. The quantitative estimate of drug-likeness (QED) is 0.842. The molecule has 1 aromatic carbocycles. The molecule has 2 rings (SSSR count). The predicted octanol–water partition coefficient (Wildman–Crippen LogP) is 1.68. The van der Waals surface area contributed by atoms with Crippen LogP contribution >= 0.6 is 0 Å². The number of ether oxygens (including phenoxy) is 2. The van der Waals surface area contributed by atoms with Crippen molar-refractivity contribution in [3.05, 3.63) is 48.3 Å². The molecule has 0 saturated heterocycles. The summed E-state index contributed by atoms with van der Waals surface area (Å²) in [6.07, 6.45) is 2.78. The minimum absolute atomic E-state index is 0.0478. The lowest BCUT2D eigenvalue weighted by Crippen LogP contribution is -2.17. The Morgan fingerprint density at radius 1 is 1.18 bits per heavy atom. The van der Waals surface area contributed by atoms with E-state index in [9.17, 15) is 13.2 Å². The van der Waals surface area contributed by atoms with Crippen molar-refractivity contribution in [3.8, 4) is 5.75 Å². The smallest absolute Gasteiger partial charge is 0.339 e. The minimum atomic E-state index is -3.97. The van der Waals surface area contributed by atoms with Crippen molar-refractivity contribution in [2.45, 2.75) is 4.90 Å². The van der Waals surface area contributed by atoms with Crippen LogP contribution in [0.25, 0.3) is 0 Å². The summed E-state index contributed by atoms with van der Waals surface area (Å²) in [5.41, 5.74) is 0.173. The average Bonchev–Trinajstić information content (AvgIpc) is 2.54. The lowest BCUT2D eigenvalue weighted by atomic mass is 10.2. The van der Waals surface area contributed by atoms with Crippen molar-refractivity contribution in [1.29, 1.82) is 0 Å². The van der Waals surface area contributed by atoms with Gasteiger partial charge in [0.25, 0.3) is 10.0 Å². The number of sulfonamides is 1. The van der Waals surface area contributed by atoms with Gasteiger partial charge in [-0.05, 0) is 12.1 Å². The second kappa shape index (κ2) is 6.44. The van der Waals surface area contributed by atoms with E-state index in [2.05, 4.69) is 14.4 Å². The second-order valence-electron chi connectivity index (χ2n) is 4.21. The van der Waals surface area contributed by atoms with Crippen LogP contribution in [0.4, 0.5) is 5.69 Å². The van der Waals surface area contributed by atoms with Crippen LogP contribution in [0.5, 0.6) is 5.75 Å². The molecule has 0 aliphatic heterocycles. The summed E-state index contributed by atoms with van der Waals surface area (Å²) in [4.78, 5) is 15.4. The number of carbonyl (C=O) groups is 1. The molecule has 22 heavy (non-hydrogen) atoms. The molecule has 116 valence electrons. The third kappa shape index (κ3) is 3.34. The number of anilines is 1. The van der Waals surface area contributed by atoms with E-state index in [1.54, 1.807) is 6.07 Å². The number of aromatic nitrogens is 1. The van der Waals surface area contributed by atoms with Gasteiger partial charge in [-0.25, -0.2) is 13.2 Å². The number of hydrogen-bond donors (Lipinski definition) is 1. The SMILES string of the molecule is COC(=O)c1ccccc1S(=O)(=O)Nc1cncc(OC)c1. The predicted molar refractivity (Wildman–Crippen MR) is 79.4 cm³/mol. The number of nitrogens with one attached hydrogen (secondary N) is 1. The molecule has 1 aromatic heterocycles. The van der Waals surface area contributed by atoms with E-state index in [1.807, 2.05) is 0 Å². The van der Waals surface area contributed by atoms with Gasteiger partial charge in [0, 0.05) is 6.07 Å². The summed E-state index contributed by atoms with van der Waals surface area (Å²) in [5.74, 6) is -0.328. The molecule has 0 atom stereocenters. The van der Waals surface area contributed by atoms with Gasteiger partial charge in [-0.15, -0.1) is 0 Å². The molecule has 0 aliphatic rings. The average molecular weight is 322 g/mol. The van der Waals surface area contributed by atoms with Gasteiger partial charge in [0.05, 0.1) is 37.9 Å². The topological polar surface area (TPSA) is 94.6 Å². The highest BCUT2D eigenvalue weighted by Gasteiger charge is 2.22. The normalized spacial score (nSPS) is 10.8. The minimum Gasteiger partial charge on any atom is -0.495 e. The van der Waals surface area contributed by atoms with E-state index >= 15 is 0 Å². The first-order valence-electron chi connectivity index (χ1n) is 6.17. The molecule has 0 amide bonds. The summed E-state index contributed by atoms with van der Waals surface area (Å²) < 4.78 is 36.8. The Morgan fingerprint density at radius 3 is 2.59 bits per heavy atom. The zero-order valence-corrected chi connectivity index (χ0v) is 12.8. The largest absolute Gasteiger partial charge is 0.495 e. The van der Waals surface area contributed by atoms with E-state index in [0.717, 1.165) is 0 Å². The van der Waals surface area contributed by atoms with Gasteiger partial charge in [-0.2, -0.15) is 0 Å². The third-order valence-electron chi connectivity index (χ3n) is 2.78. The highest BCUT2D eigenvalue weighted by molar-refractivity contribution is 7.92. The summed E-state index contributed by atoms with van der Waals surface area (Å²) in [7, 11) is -1.34. The van der Waals surface area contributed by atoms with Crippen LogP contribution in [-0.2, 0) is 14.8 Å². The monoisotopic (exact) mass is 322 g/mol. The fourth-order valence-electron chi connectivity index (χ4n) is 1.78. The van der Waals surface area contributed by atoms with Crippen molar-refractivity contribution in [3.63, 3.8) is 0 Å². The molecular weight excluding hydrogens is 308 g/mol. The Hall–Kier alpha value is -2.61. The highest BCUT2D eigenvalue weighted by Crippen LogP contribution is 2.22. The summed E-state index contributed by atoms with van der Waals surface area (Å²) in [6, 6.07) is 7.25. The number of hydrogen-bond acceptors (Lipinski definition) is 6. The first kappa shape index (κ1) is 15.8. The molecule has 0 spiro atoms. The Balaban J connectivity index is 2.41. The highest BCUT2D eigenvalue weighted by atomic mass is 32.2. The van der Waals surface area contributed by atoms with Gasteiger partial charge in [0.15, 0.2) is 0 Å². The van der Waals surface area contributed by atoms with Crippen molar-refractivity contribution in [2.75, 3.05) is 18.9 Å². The fourth-order valence-corrected chi connectivity index (χ4v) is 3.01. The Kier molecular flexibility index (Phi) is 4.62. The number of methoxy groups -OCH3 is 2. The molecule has 0 bridgehead atoms. The Morgan fingerprint density at radius 2 is 1.91 bits per heavy atom. The number of pyridine rings is 1. The molecular formula is C14H14N2O5S. The molecule has 0 unspecified atom stereocenters. The maximum Gasteiger partial charge on any atom is 0.339 e. The second-order valence-corrected chi connectivity index (χ2v) is 5.86. The molecule has 0 saturated carbocycles. The van der Waals surface area contributed by atoms with Crippen LogP contribution in [0.1, 0.15) is 10.4 Å². The standard InChI is InChI=1S/C14H14N2O5S/c1-20-11-7-10(8-15-9-11)16-22(18,19)13-6-4-3-5-12(13)14(17)21-2/h3-9,16H,1-2H3. The van der Waals surface area contributed by atoms with Gasteiger partial charge in [-0.3, -0.25) is 9.71 Å². The number of nitrogens with zero attached hydrogens (tertiary/aromatic N) is 1. The van der Waals surface area contributed by atoms with Crippen LogP contribution in [0, 0.1) is 0 Å². The fraction of sp³-hybridized carbons (Fsp3) is 0.143. The van der Waals surface area contributed by atoms with E-state index in [0.29, 0.717) is 5.75 Å². The van der Waals surface area contributed by atoms with Crippen LogP contribution in [0.2, 0.25) is 0 Å². The summed E-state index contributed by atoms with van der Waals surface area (Å²) >= 11 is 0. The number of rotatable bonds is 5. The van der Waals surface area contributed by atoms with Gasteiger partial charge in [0.2, 0.25) is 0 Å². The van der Waals surface area contributed by atoms with Crippen LogP contribution in [-0.4, -0.2) is 33.6 Å². The number of benzene rings is 1. The molecule has 1 N–H and O–H groups in total. The summed E-state index contributed by atoms with van der Waals surface area (Å²) in [5, 5.41) is 0. The summed E-state index contributed by atoms with van der Waals surface area (Å²) in [6.45, 7) is 0.